The minimum absolute atomic E-state index is 0.0993. The quantitative estimate of drug-likeness (QED) is 0.494. The summed E-state index contributed by atoms with van der Waals surface area (Å²) in [6.07, 6.45) is 3.06. The van der Waals surface area contributed by atoms with Crippen LogP contribution in [-0.2, 0) is 6.54 Å². The van der Waals surface area contributed by atoms with Gasteiger partial charge in [0.15, 0.2) is 0 Å². The van der Waals surface area contributed by atoms with Crippen molar-refractivity contribution in [1.82, 2.24) is 10.3 Å². The van der Waals surface area contributed by atoms with Crippen molar-refractivity contribution in [3.63, 3.8) is 0 Å². The number of rotatable bonds is 6. The van der Waals surface area contributed by atoms with E-state index in [1.807, 2.05) is 0 Å². The maximum Gasteiger partial charge on any atom is 0.273 e. The van der Waals surface area contributed by atoms with Gasteiger partial charge in [-0.05, 0) is 42.8 Å². The highest BCUT2D eigenvalue weighted by Crippen LogP contribution is 2.19. The van der Waals surface area contributed by atoms with Crippen molar-refractivity contribution >= 4 is 23.2 Å². The molecule has 0 bridgehead atoms. The number of carbonyl (C=O) groups is 2. The Morgan fingerprint density at radius 3 is 2.59 bits per heavy atom. The molecule has 2 N–H and O–H groups in total. The second kappa shape index (κ2) is 8.75. The molecule has 0 aliphatic carbocycles. The summed E-state index contributed by atoms with van der Waals surface area (Å²) in [5.41, 5.74) is 2.39. The summed E-state index contributed by atoms with van der Waals surface area (Å²) >= 11 is 0. The maximum atomic E-state index is 12.3. The molecule has 0 radical (unpaired) electrons. The zero-order valence-electron chi connectivity index (χ0n) is 15.6. The van der Waals surface area contributed by atoms with Crippen molar-refractivity contribution in [2.45, 2.75) is 13.5 Å². The summed E-state index contributed by atoms with van der Waals surface area (Å²) in [5, 5.41) is 16.5. The first-order valence-corrected chi connectivity index (χ1v) is 8.77. The van der Waals surface area contributed by atoms with Gasteiger partial charge in [-0.2, -0.15) is 0 Å². The van der Waals surface area contributed by atoms with Crippen LogP contribution in [0.15, 0.2) is 67.0 Å². The van der Waals surface area contributed by atoms with Crippen LogP contribution in [0.2, 0.25) is 0 Å². The van der Waals surface area contributed by atoms with Gasteiger partial charge in [0.2, 0.25) is 0 Å². The van der Waals surface area contributed by atoms with Crippen molar-refractivity contribution in [1.29, 1.82) is 0 Å². The SMILES string of the molecule is Cc1ccc(C(=O)NCc2cccc(NC(=O)c3cccnc3)c2)cc1[N+](=O)[O-]. The Balaban J connectivity index is 1.65. The van der Waals surface area contributed by atoms with E-state index in [1.54, 1.807) is 61.7 Å². The lowest BCUT2D eigenvalue weighted by Crippen LogP contribution is -2.23. The molecule has 0 aliphatic rings. The van der Waals surface area contributed by atoms with Crippen LogP contribution in [0.25, 0.3) is 0 Å². The number of pyridine rings is 1. The molecule has 0 unspecified atom stereocenters. The molecule has 0 spiro atoms. The Hall–Kier alpha value is -4.07. The summed E-state index contributed by atoms with van der Waals surface area (Å²) in [6.45, 7) is 1.82. The average Bonchev–Trinajstić information content (AvgIpc) is 2.73. The Morgan fingerprint density at radius 1 is 1.03 bits per heavy atom. The van der Waals surface area contributed by atoms with E-state index < -0.39 is 10.8 Å². The Bertz CT molecular complexity index is 1070. The van der Waals surface area contributed by atoms with Crippen LogP contribution in [0.4, 0.5) is 11.4 Å². The van der Waals surface area contributed by atoms with Crippen molar-refractivity contribution in [3.05, 3.63) is 99.4 Å². The molecule has 29 heavy (non-hydrogen) atoms. The molecule has 0 saturated heterocycles. The van der Waals surface area contributed by atoms with Gasteiger partial charge < -0.3 is 10.6 Å². The maximum absolute atomic E-state index is 12.3. The van der Waals surface area contributed by atoms with Crippen LogP contribution in [0.1, 0.15) is 31.8 Å². The topological polar surface area (TPSA) is 114 Å². The smallest absolute Gasteiger partial charge is 0.273 e. The average molecular weight is 390 g/mol. The number of nitrogens with one attached hydrogen (secondary N) is 2. The van der Waals surface area contributed by atoms with E-state index in [4.69, 9.17) is 0 Å². The fourth-order valence-electron chi connectivity index (χ4n) is 2.69. The molecule has 2 amide bonds. The zero-order chi connectivity index (χ0) is 20.8. The molecule has 8 heteroatoms. The van der Waals surface area contributed by atoms with E-state index in [0.717, 1.165) is 5.56 Å². The summed E-state index contributed by atoms with van der Waals surface area (Å²) < 4.78 is 0. The molecule has 8 nitrogen and oxygen atoms in total. The minimum atomic E-state index is -0.513. The standard InChI is InChI=1S/C21H18N4O4/c1-14-7-8-16(11-19(14)25(28)29)20(26)23-12-15-4-2-6-18(10-15)24-21(27)17-5-3-9-22-13-17/h2-11,13H,12H2,1H3,(H,23,26)(H,24,27). The van der Waals surface area contributed by atoms with Crippen molar-refractivity contribution < 1.29 is 14.5 Å². The van der Waals surface area contributed by atoms with Crippen LogP contribution in [0.5, 0.6) is 0 Å². The number of hydrogen-bond donors (Lipinski definition) is 2. The molecule has 1 aromatic heterocycles. The number of carbonyl (C=O) groups excluding carboxylic acids is 2. The summed E-state index contributed by atoms with van der Waals surface area (Å²) in [6, 6.07) is 14.7. The fourth-order valence-corrected chi connectivity index (χ4v) is 2.69. The number of aromatic nitrogens is 1. The number of nitro benzene ring substituents is 1. The molecule has 0 atom stereocenters. The predicted octanol–water partition coefficient (Wildman–Crippen LogP) is 3.48. The lowest BCUT2D eigenvalue weighted by atomic mass is 10.1. The molecular formula is C21H18N4O4. The van der Waals surface area contributed by atoms with Gasteiger partial charge in [-0.1, -0.05) is 18.2 Å². The normalized spacial score (nSPS) is 10.2. The zero-order valence-corrected chi connectivity index (χ0v) is 15.6. The molecule has 146 valence electrons. The fraction of sp³-hybridized carbons (Fsp3) is 0.0952. The van der Waals surface area contributed by atoms with E-state index in [9.17, 15) is 19.7 Å². The number of benzene rings is 2. The van der Waals surface area contributed by atoms with Gasteiger partial charge in [-0.15, -0.1) is 0 Å². The number of anilines is 1. The highest BCUT2D eigenvalue weighted by atomic mass is 16.6. The number of nitrogens with zero attached hydrogens (tertiary/aromatic N) is 2. The first-order chi connectivity index (χ1) is 13.9. The van der Waals surface area contributed by atoms with Gasteiger partial charge in [0, 0.05) is 41.8 Å². The van der Waals surface area contributed by atoms with Gasteiger partial charge in [0.25, 0.3) is 17.5 Å². The van der Waals surface area contributed by atoms with E-state index in [-0.39, 0.29) is 23.7 Å². The molecule has 0 saturated carbocycles. The highest BCUT2D eigenvalue weighted by molar-refractivity contribution is 6.04. The summed E-state index contributed by atoms with van der Waals surface area (Å²) in [7, 11) is 0. The lowest BCUT2D eigenvalue weighted by molar-refractivity contribution is -0.385. The molecule has 3 rings (SSSR count). The number of hydrogen-bond acceptors (Lipinski definition) is 5. The van der Waals surface area contributed by atoms with Crippen LogP contribution in [0.3, 0.4) is 0 Å². The third-order valence-electron chi connectivity index (χ3n) is 4.23. The highest BCUT2D eigenvalue weighted by Gasteiger charge is 2.15. The largest absolute Gasteiger partial charge is 0.348 e. The van der Waals surface area contributed by atoms with Crippen LogP contribution in [0, 0.1) is 17.0 Å². The lowest BCUT2D eigenvalue weighted by Gasteiger charge is -2.09. The van der Waals surface area contributed by atoms with Crippen LogP contribution >= 0.6 is 0 Å². The third kappa shape index (κ3) is 5.01. The Morgan fingerprint density at radius 2 is 1.86 bits per heavy atom. The van der Waals surface area contributed by atoms with Gasteiger partial charge in [0.1, 0.15) is 0 Å². The molecule has 0 aliphatic heterocycles. The molecule has 3 aromatic rings. The monoisotopic (exact) mass is 390 g/mol. The summed E-state index contributed by atoms with van der Waals surface area (Å²) in [5.74, 6) is -0.704. The first-order valence-electron chi connectivity index (χ1n) is 8.77. The van der Waals surface area contributed by atoms with Crippen LogP contribution in [-0.4, -0.2) is 21.7 Å². The van der Waals surface area contributed by atoms with Crippen molar-refractivity contribution in [3.8, 4) is 0 Å². The molecule has 1 heterocycles. The Kier molecular flexibility index (Phi) is 5.94. The van der Waals surface area contributed by atoms with E-state index in [2.05, 4.69) is 15.6 Å². The van der Waals surface area contributed by atoms with E-state index in [1.165, 1.54) is 12.3 Å². The van der Waals surface area contributed by atoms with E-state index >= 15 is 0 Å². The van der Waals surface area contributed by atoms with Gasteiger partial charge in [-0.3, -0.25) is 24.7 Å². The van der Waals surface area contributed by atoms with Gasteiger partial charge in [0.05, 0.1) is 10.5 Å². The number of aryl methyl sites for hydroxylation is 1. The Labute approximate surface area is 166 Å². The number of nitro groups is 1. The third-order valence-corrected chi connectivity index (χ3v) is 4.23. The molecule has 2 aromatic carbocycles. The second-order valence-electron chi connectivity index (χ2n) is 6.34. The first kappa shape index (κ1) is 19.7. The second-order valence-corrected chi connectivity index (χ2v) is 6.34. The van der Waals surface area contributed by atoms with Crippen molar-refractivity contribution in [2.24, 2.45) is 0 Å². The minimum Gasteiger partial charge on any atom is -0.348 e. The summed E-state index contributed by atoms with van der Waals surface area (Å²) in [4.78, 5) is 39.0. The van der Waals surface area contributed by atoms with Gasteiger partial charge >= 0.3 is 0 Å². The van der Waals surface area contributed by atoms with E-state index in [0.29, 0.717) is 16.8 Å². The number of amides is 2. The molecule has 0 fully saturated rings. The molecular weight excluding hydrogens is 372 g/mol. The van der Waals surface area contributed by atoms with Crippen LogP contribution < -0.4 is 10.6 Å². The van der Waals surface area contributed by atoms with Crippen molar-refractivity contribution in [2.75, 3.05) is 5.32 Å². The van der Waals surface area contributed by atoms with Gasteiger partial charge in [-0.25, -0.2) is 0 Å². The predicted molar refractivity (Wildman–Crippen MR) is 108 cm³/mol.